The Hall–Kier alpha value is -0.610. The molecule has 4 nitrogen and oxygen atoms in total. The fourth-order valence-electron chi connectivity index (χ4n) is 2.49. The average molecular weight is 226 g/mol. The summed E-state index contributed by atoms with van der Waals surface area (Å²) in [6.07, 6.45) is 5.74. The van der Waals surface area contributed by atoms with Crippen LogP contribution in [0, 0.1) is 0 Å². The third-order valence-electron chi connectivity index (χ3n) is 3.76. The number of nitrogens with zero attached hydrogens (tertiary/aromatic N) is 2. The van der Waals surface area contributed by atoms with Crippen molar-refractivity contribution in [1.82, 2.24) is 9.80 Å². The molecule has 0 aromatic carbocycles. The predicted octanol–water partition coefficient (Wildman–Crippen LogP) is 0.456. The zero-order valence-corrected chi connectivity index (χ0v) is 9.90. The molecule has 0 aliphatic carbocycles. The molecule has 2 rings (SSSR count). The van der Waals surface area contributed by atoms with E-state index in [4.69, 9.17) is 0 Å². The number of aliphatic hydroxyl groups is 1. The van der Waals surface area contributed by atoms with Crippen molar-refractivity contribution in [2.75, 3.05) is 32.8 Å². The summed E-state index contributed by atoms with van der Waals surface area (Å²) in [6.45, 7) is 3.51. The van der Waals surface area contributed by atoms with Crippen molar-refractivity contribution >= 4 is 5.91 Å². The Labute approximate surface area is 97.2 Å². The van der Waals surface area contributed by atoms with Crippen molar-refractivity contribution in [3.05, 3.63) is 0 Å². The lowest BCUT2D eigenvalue weighted by molar-refractivity contribution is -0.136. The summed E-state index contributed by atoms with van der Waals surface area (Å²) >= 11 is 0. The fraction of sp³-hybridized carbons (Fsp3) is 0.917. The third-order valence-corrected chi connectivity index (χ3v) is 3.76. The number of hydrogen-bond acceptors (Lipinski definition) is 3. The molecule has 0 saturated carbocycles. The quantitative estimate of drug-likeness (QED) is 0.760. The monoisotopic (exact) mass is 226 g/mol. The maximum atomic E-state index is 11.9. The molecule has 16 heavy (non-hydrogen) atoms. The van der Waals surface area contributed by atoms with Crippen LogP contribution in [0.5, 0.6) is 0 Å². The Morgan fingerprint density at radius 3 is 2.56 bits per heavy atom. The summed E-state index contributed by atoms with van der Waals surface area (Å²) in [5, 5.41) is 9.34. The molecular weight excluding hydrogens is 204 g/mol. The van der Waals surface area contributed by atoms with Gasteiger partial charge in [0.25, 0.3) is 0 Å². The zero-order valence-electron chi connectivity index (χ0n) is 9.90. The number of rotatable bonds is 3. The highest BCUT2D eigenvalue weighted by atomic mass is 16.3. The first-order valence-corrected chi connectivity index (χ1v) is 6.44. The fourth-order valence-corrected chi connectivity index (χ4v) is 2.49. The van der Waals surface area contributed by atoms with Crippen LogP contribution < -0.4 is 0 Å². The first kappa shape index (κ1) is 11.9. The van der Waals surface area contributed by atoms with Crippen molar-refractivity contribution in [1.29, 1.82) is 0 Å². The van der Waals surface area contributed by atoms with Gasteiger partial charge in [-0.1, -0.05) is 12.8 Å². The van der Waals surface area contributed by atoms with Crippen LogP contribution in [-0.4, -0.2) is 59.6 Å². The van der Waals surface area contributed by atoms with Gasteiger partial charge < -0.3 is 10.0 Å². The molecule has 92 valence electrons. The Morgan fingerprint density at radius 1 is 1.12 bits per heavy atom. The van der Waals surface area contributed by atoms with Crippen molar-refractivity contribution < 1.29 is 9.90 Å². The topological polar surface area (TPSA) is 43.8 Å². The van der Waals surface area contributed by atoms with E-state index in [0.717, 1.165) is 38.9 Å². The largest absolute Gasteiger partial charge is 0.395 e. The van der Waals surface area contributed by atoms with Gasteiger partial charge in [-0.3, -0.25) is 9.69 Å². The van der Waals surface area contributed by atoms with E-state index in [0.29, 0.717) is 6.54 Å². The molecule has 0 radical (unpaired) electrons. The smallest absolute Gasteiger partial charge is 0.236 e. The molecular formula is C12H22N2O2. The van der Waals surface area contributed by atoms with Crippen LogP contribution in [0.3, 0.4) is 0 Å². The maximum absolute atomic E-state index is 11.9. The minimum atomic E-state index is 0.188. The van der Waals surface area contributed by atoms with E-state index in [1.807, 2.05) is 4.90 Å². The SMILES string of the molecule is O=C(CN1CCCCCC1CO)N1CCC1. The standard InChI is InChI=1S/C12H22N2O2/c15-10-11-5-2-1-3-6-14(11)9-12(16)13-7-4-8-13/h11,15H,1-10H2. The second kappa shape index (κ2) is 5.64. The van der Waals surface area contributed by atoms with Gasteiger partial charge in [-0.05, 0) is 25.8 Å². The minimum Gasteiger partial charge on any atom is -0.395 e. The minimum absolute atomic E-state index is 0.188. The normalized spacial score (nSPS) is 27.3. The lowest BCUT2D eigenvalue weighted by Gasteiger charge is -2.35. The summed E-state index contributed by atoms with van der Waals surface area (Å²) < 4.78 is 0. The van der Waals surface area contributed by atoms with Crippen LogP contribution in [0.1, 0.15) is 32.1 Å². The van der Waals surface area contributed by atoms with Gasteiger partial charge in [-0.15, -0.1) is 0 Å². The number of amides is 1. The predicted molar refractivity (Wildman–Crippen MR) is 62.1 cm³/mol. The molecule has 2 aliphatic heterocycles. The van der Waals surface area contributed by atoms with Crippen LogP contribution >= 0.6 is 0 Å². The summed E-state index contributed by atoms with van der Waals surface area (Å²) in [5.41, 5.74) is 0. The van der Waals surface area contributed by atoms with Gasteiger partial charge in [0.1, 0.15) is 0 Å². The first-order chi connectivity index (χ1) is 7.81. The van der Waals surface area contributed by atoms with Gasteiger partial charge in [0.2, 0.25) is 5.91 Å². The van der Waals surface area contributed by atoms with Crippen LogP contribution in [0.15, 0.2) is 0 Å². The van der Waals surface area contributed by atoms with Crippen LogP contribution in [0.25, 0.3) is 0 Å². The maximum Gasteiger partial charge on any atom is 0.236 e. The summed E-state index contributed by atoms with van der Waals surface area (Å²) in [4.78, 5) is 16.0. The van der Waals surface area contributed by atoms with Crippen molar-refractivity contribution in [3.63, 3.8) is 0 Å². The van der Waals surface area contributed by atoms with E-state index in [1.165, 1.54) is 12.8 Å². The average Bonchev–Trinajstić information content (AvgIpc) is 2.40. The second-order valence-corrected chi connectivity index (χ2v) is 4.89. The highest BCUT2D eigenvalue weighted by Crippen LogP contribution is 2.17. The second-order valence-electron chi connectivity index (χ2n) is 4.89. The summed E-state index contributed by atoms with van der Waals surface area (Å²) in [5.74, 6) is 0.242. The molecule has 4 heteroatoms. The Bertz CT molecular complexity index is 241. The van der Waals surface area contributed by atoms with Crippen LogP contribution in [0.2, 0.25) is 0 Å². The lowest BCUT2D eigenvalue weighted by atomic mass is 10.1. The molecule has 1 unspecified atom stereocenters. The summed E-state index contributed by atoms with van der Waals surface area (Å²) in [6, 6.07) is 0.202. The van der Waals surface area contributed by atoms with Gasteiger partial charge in [-0.2, -0.15) is 0 Å². The molecule has 2 saturated heterocycles. The highest BCUT2D eigenvalue weighted by molar-refractivity contribution is 5.79. The van der Waals surface area contributed by atoms with E-state index in [-0.39, 0.29) is 18.6 Å². The molecule has 1 amide bonds. The first-order valence-electron chi connectivity index (χ1n) is 6.44. The van der Waals surface area contributed by atoms with Crippen LogP contribution in [0.4, 0.5) is 0 Å². The Morgan fingerprint density at radius 2 is 1.94 bits per heavy atom. The molecule has 1 atom stereocenters. The molecule has 0 aromatic heterocycles. The van der Waals surface area contributed by atoms with Gasteiger partial charge in [0, 0.05) is 19.1 Å². The van der Waals surface area contributed by atoms with E-state index in [9.17, 15) is 9.90 Å². The van der Waals surface area contributed by atoms with E-state index < -0.39 is 0 Å². The van der Waals surface area contributed by atoms with Crippen molar-refractivity contribution in [2.24, 2.45) is 0 Å². The third kappa shape index (κ3) is 2.74. The molecule has 0 spiro atoms. The van der Waals surface area contributed by atoms with Crippen LogP contribution in [-0.2, 0) is 4.79 Å². The van der Waals surface area contributed by atoms with E-state index >= 15 is 0 Å². The molecule has 2 fully saturated rings. The number of carbonyl (C=O) groups excluding carboxylic acids is 1. The molecule has 1 N–H and O–H groups in total. The Kier molecular flexibility index (Phi) is 4.18. The number of likely N-dealkylation sites (tertiary alicyclic amines) is 2. The molecule has 2 aliphatic rings. The lowest BCUT2D eigenvalue weighted by Crippen LogP contribution is -2.49. The van der Waals surface area contributed by atoms with Gasteiger partial charge >= 0.3 is 0 Å². The number of hydrogen-bond donors (Lipinski definition) is 1. The molecule has 0 aromatic rings. The van der Waals surface area contributed by atoms with Crippen molar-refractivity contribution in [3.8, 4) is 0 Å². The van der Waals surface area contributed by atoms with E-state index in [2.05, 4.69) is 4.90 Å². The summed E-state index contributed by atoms with van der Waals surface area (Å²) in [7, 11) is 0. The van der Waals surface area contributed by atoms with Gasteiger partial charge in [0.15, 0.2) is 0 Å². The van der Waals surface area contributed by atoms with Crippen molar-refractivity contribution in [2.45, 2.75) is 38.1 Å². The van der Waals surface area contributed by atoms with Gasteiger partial charge in [-0.25, -0.2) is 0 Å². The van der Waals surface area contributed by atoms with Gasteiger partial charge in [0.05, 0.1) is 13.2 Å². The molecule has 2 heterocycles. The zero-order chi connectivity index (χ0) is 11.4. The number of carbonyl (C=O) groups is 1. The van der Waals surface area contributed by atoms with E-state index in [1.54, 1.807) is 0 Å². The Balaban J connectivity index is 1.86. The number of aliphatic hydroxyl groups excluding tert-OH is 1. The molecule has 0 bridgehead atoms. The highest BCUT2D eigenvalue weighted by Gasteiger charge is 2.26.